The monoisotopic (exact) mass is 342 g/mol. The molecule has 4 nitrogen and oxygen atoms in total. The van der Waals surface area contributed by atoms with E-state index in [0.29, 0.717) is 29.9 Å². The summed E-state index contributed by atoms with van der Waals surface area (Å²) >= 11 is 0. The van der Waals surface area contributed by atoms with Gasteiger partial charge in [0.25, 0.3) is 0 Å². The van der Waals surface area contributed by atoms with Crippen molar-refractivity contribution in [2.75, 3.05) is 25.0 Å². The van der Waals surface area contributed by atoms with Crippen LogP contribution in [0.5, 0.6) is 0 Å². The first kappa shape index (κ1) is 16.9. The van der Waals surface area contributed by atoms with Crippen molar-refractivity contribution in [3.05, 3.63) is 29.8 Å². The number of ether oxygens (including phenoxy) is 1. The van der Waals surface area contributed by atoms with Crippen molar-refractivity contribution < 1.29 is 9.53 Å². The molecule has 0 aromatic heterocycles. The molecule has 3 atom stereocenters. The van der Waals surface area contributed by atoms with Gasteiger partial charge in [-0.2, -0.15) is 0 Å². The van der Waals surface area contributed by atoms with Crippen LogP contribution in [0.15, 0.2) is 24.3 Å². The summed E-state index contributed by atoms with van der Waals surface area (Å²) < 4.78 is 6.00. The van der Waals surface area contributed by atoms with Gasteiger partial charge in [-0.1, -0.05) is 18.6 Å². The number of hydrogen-bond acceptors (Lipinski definition) is 3. The van der Waals surface area contributed by atoms with Crippen molar-refractivity contribution >= 4 is 11.6 Å². The van der Waals surface area contributed by atoms with E-state index >= 15 is 0 Å². The first-order chi connectivity index (χ1) is 12.2. The molecule has 2 aliphatic carbocycles. The number of anilines is 1. The zero-order chi connectivity index (χ0) is 17.4. The van der Waals surface area contributed by atoms with Crippen molar-refractivity contribution in [1.29, 1.82) is 0 Å². The molecule has 2 saturated carbocycles. The van der Waals surface area contributed by atoms with Gasteiger partial charge in [0.1, 0.15) is 0 Å². The second kappa shape index (κ2) is 6.64. The summed E-state index contributed by atoms with van der Waals surface area (Å²) in [4.78, 5) is 14.1. The highest BCUT2D eigenvalue weighted by molar-refractivity contribution is 5.78. The summed E-state index contributed by atoms with van der Waals surface area (Å²) in [5.41, 5.74) is 2.68. The molecular formula is C21H30N2O2. The van der Waals surface area contributed by atoms with E-state index in [2.05, 4.69) is 29.6 Å². The molecule has 0 radical (unpaired) electrons. The van der Waals surface area contributed by atoms with Crippen LogP contribution in [0.25, 0.3) is 0 Å². The molecule has 1 aromatic rings. The van der Waals surface area contributed by atoms with E-state index in [1.807, 2.05) is 18.7 Å². The molecule has 1 aromatic carbocycles. The minimum absolute atomic E-state index is 0.212. The fraction of sp³-hybridized carbons (Fsp3) is 0.667. The Morgan fingerprint density at radius 3 is 2.56 bits per heavy atom. The molecule has 1 aliphatic heterocycles. The average molecular weight is 342 g/mol. The van der Waals surface area contributed by atoms with Gasteiger partial charge in [0, 0.05) is 42.8 Å². The standard InChI is InChI=1S/C21H30N2O2/c1-3-23(4-2)18(24)14-15-6-8-16(9-7-15)22-19-17-10-13-25-20(17)21(19)11-5-12-21/h6-9,17,19-20,22H,3-5,10-14H2,1-2H3/t17-,19+,20-/m0/s1. The predicted octanol–water partition coefficient (Wildman–Crippen LogP) is 3.47. The topological polar surface area (TPSA) is 41.6 Å². The van der Waals surface area contributed by atoms with Gasteiger partial charge in [0.2, 0.25) is 5.91 Å². The molecule has 25 heavy (non-hydrogen) atoms. The maximum absolute atomic E-state index is 12.2. The van der Waals surface area contributed by atoms with E-state index in [4.69, 9.17) is 4.74 Å². The number of amides is 1. The van der Waals surface area contributed by atoms with Gasteiger partial charge in [0.15, 0.2) is 0 Å². The Morgan fingerprint density at radius 1 is 1.24 bits per heavy atom. The van der Waals surface area contributed by atoms with Crippen LogP contribution in [0, 0.1) is 11.3 Å². The van der Waals surface area contributed by atoms with E-state index < -0.39 is 0 Å². The number of likely N-dealkylation sites (N-methyl/N-ethyl adjacent to an activating group) is 1. The van der Waals surface area contributed by atoms with Gasteiger partial charge in [-0.25, -0.2) is 0 Å². The molecule has 3 aliphatic rings. The number of nitrogens with one attached hydrogen (secondary N) is 1. The molecule has 0 bridgehead atoms. The van der Waals surface area contributed by atoms with E-state index in [-0.39, 0.29) is 5.91 Å². The van der Waals surface area contributed by atoms with E-state index in [0.717, 1.165) is 25.3 Å². The normalized spacial score (nSPS) is 28.8. The third-order valence-corrected chi connectivity index (χ3v) is 6.78. The fourth-order valence-electron chi connectivity index (χ4n) is 5.22. The molecule has 3 fully saturated rings. The first-order valence-electron chi connectivity index (χ1n) is 9.93. The molecule has 1 heterocycles. The summed E-state index contributed by atoms with van der Waals surface area (Å²) in [6.45, 7) is 6.56. The maximum atomic E-state index is 12.2. The first-order valence-corrected chi connectivity index (χ1v) is 9.93. The van der Waals surface area contributed by atoms with Crippen molar-refractivity contribution in [1.82, 2.24) is 4.90 Å². The lowest BCUT2D eigenvalue weighted by Crippen LogP contribution is -2.68. The van der Waals surface area contributed by atoms with E-state index in [1.54, 1.807) is 0 Å². The van der Waals surface area contributed by atoms with Crippen LogP contribution < -0.4 is 5.32 Å². The highest BCUT2D eigenvalue weighted by Crippen LogP contribution is 2.63. The number of nitrogens with zero attached hydrogens (tertiary/aromatic N) is 1. The zero-order valence-corrected chi connectivity index (χ0v) is 15.5. The Morgan fingerprint density at radius 2 is 1.96 bits per heavy atom. The van der Waals surface area contributed by atoms with Gasteiger partial charge < -0.3 is 15.0 Å². The summed E-state index contributed by atoms with van der Waals surface area (Å²) in [6.07, 6.45) is 6.15. The van der Waals surface area contributed by atoms with Gasteiger partial charge in [0.05, 0.1) is 12.5 Å². The van der Waals surface area contributed by atoms with Crippen molar-refractivity contribution in [2.45, 2.75) is 58.1 Å². The third-order valence-electron chi connectivity index (χ3n) is 6.78. The number of rotatable bonds is 6. The molecule has 136 valence electrons. The lowest BCUT2D eigenvalue weighted by molar-refractivity contribution is -0.158. The second-order valence-corrected chi connectivity index (χ2v) is 7.89. The Hall–Kier alpha value is -1.55. The van der Waals surface area contributed by atoms with Crippen LogP contribution >= 0.6 is 0 Å². The highest BCUT2D eigenvalue weighted by Gasteiger charge is 2.66. The maximum Gasteiger partial charge on any atom is 0.226 e. The Labute approximate surface area is 150 Å². The van der Waals surface area contributed by atoms with Crippen LogP contribution in [0.3, 0.4) is 0 Å². The SMILES string of the molecule is CCN(CC)C(=O)Cc1ccc(N[C@@H]2[C@@H]3CCO[C@@H]3C23CCC3)cc1. The second-order valence-electron chi connectivity index (χ2n) is 7.89. The molecular weight excluding hydrogens is 312 g/mol. The van der Waals surface area contributed by atoms with Crippen LogP contribution in [0.1, 0.15) is 45.1 Å². The minimum Gasteiger partial charge on any atom is -0.381 e. The average Bonchev–Trinajstić information content (AvgIpc) is 2.99. The lowest BCUT2D eigenvalue weighted by Gasteiger charge is -2.63. The lowest BCUT2D eigenvalue weighted by atomic mass is 9.46. The summed E-state index contributed by atoms with van der Waals surface area (Å²) in [7, 11) is 0. The highest BCUT2D eigenvalue weighted by atomic mass is 16.5. The minimum atomic E-state index is 0.212. The Bertz CT molecular complexity index is 619. The number of benzene rings is 1. The molecule has 1 N–H and O–H groups in total. The van der Waals surface area contributed by atoms with Crippen LogP contribution in [-0.2, 0) is 16.0 Å². The van der Waals surface area contributed by atoms with Crippen molar-refractivity contribution in [3.63, 3.8) is 0 Å². The Balaban J connectivity index is 1.39. The fourth-order valence-corrected chi connectivity index (χ4v) is 5.22. The van der Waals surface area contributed by atoms with Gasteiger partial charge >= 0.3 is 0 Å². The molecule has 4 rings (SSSR count). The van der Waals surface area contributed by atoms with Crippen molar-refractivity contribution in [3.8, 4) is 0 Å². The number of fused-ring (bicyclic) bond motifs is 2. The smallest absolute Gasteiger partial charge is 0.226 e. The van der Waals surface area contributed by atoms with Crippen LogP contribution in [-0.4, -0.2) is 42.6 Å². The largest absolute Gasteiger partial charge is 0.381 e. The zero-order valence-electron chi connectivity index (χ0n) is 15.5. The molecule has 0 unspecified atom stereocenters. The van der Waals surface area contributed by atoms with Gasteiger partial charge in [-0.15, -0.1) is 0 Å². The number of hydrogen-bond donors (Lipinski definition) is 1. The predicted molar refractivity (Wildman–Crippen MR) is 99.6 cm³/mol. The molecule has 1 amide bonds. The van der Waals surface area contributed by atoms with Crippen LogP contribution in [0.4, 0.5) is 5.69 Å². The number of carbonyl (C=O) groups excluding carboxylic acids is 1. The Kier molecular flexibility index (Phi) is 4.48. The third kappa shape index (κ3) is 2.75. The summed E-state index contributed by atoms with van der Waals surface area (Å²) in [5.74, 6) is 0.897. The number of carbonyl (C=O) groups is 1. The van der Waals surface area contributed by atoms with Gasteiger partial charge in [-0.05, 0) is 50.8 Å². The molecule has 4 heteroatoms. The van der Waals surface area contributed by atoms with E-state index in [1.165, 1.54) is 31.4 Å². The summed E-state index contributed by atoms with van der Waals surface area (Å²) in [5, 5.41) is 3.79. The van der Waals surface area contributed by atoms with Gasteiger partial charge in [-0.3, -0.25) is 4.79 Å². The van der Waals surface area contributed by atoms with Crippen LogP contribution in [0.2, 0.25) is 0 Å². The molecule has 1 saturated heterocycles. The van der Waals surface area contributed by atoms with Crippen molar-refractivity contribution in [2.24, 2.45) is 11.3 Å². The molecule has 1 spiro atoms. The quantitative estimate of drug-likeness (QED) is 0.861. The summed E-state index contributed by atoms with van der Waals surface area (Å²) in [6, 6.07) is 9.04. The van der Waals surface area contributed by atoms with E-state index in [9.17, 15) is 4.79 Å².